The number of halogens is 4. The third-order valence-electron chi connectivity index (χ3n) is 2.12. The topological polar surface area (TPSA) is 27.0 Å². The van der Waals surface area contributed by atoms with E-state index in [2.05, 4.69) is 10.3 Å². The van der Waals surface area contributed by atoms with E-state index in [1.165, 1.54) is 30.6 Å². The molecule has 0 saturated heterocycles. The van der Waals surface area contributed by atoms with E-state index in [4.69, 9.17) is 11.6 Å². The molecule has 0 spiro atoms. The summed E-state index contributed by atoms with van der Waals surface area (Å²) in [6.07, 6.45) is -1.53. The minimum Gasteiger partial charge on any atom is -0.261 e. The van der Waals surface area contributed by atoms with E-state index >= 15 is 0 Å². The van der Waals surface area contributed by atoms with Crippen LogP contribution in [0.2, 0.25) is 5.02 Å². The van der Waals surface area contributed by atoms with Crippen molar-refractivity contribution in [3.63, 3.8) is 0 Å². The van der Waals surface area contributed by atoms with Gasteiger partial charge in [-0.2, -0.15) is 13.2 Å². The molecule has 0 bridgehead atoms. The van der Waals surface area contributed by atoms with Crippen molar-refractivity contribution in [2.75, 3.05) is 0 Å². The number of aromatic nitrogens is 1. The second-order valence-electron chi connectivity index (χ2n) is 3.52. The third-order valence-corrected chi connectivity index (χ3v) is 2.33. The molecule has 0 N–H and O–H groups in total. The van der Waals surface area contributed by atoms with Crippen LogP contribution in [0.3, 0.4) is 0 Å². The number of benzene rings is 1. The fourth-order valence-electron chi connectivity index (χ4n) is 1.36. The number of hydrogen-bond acceptors (Lipinski definition) is 1. The molecule has 0 aliphatic heterocycles. The molecule has 2 rings (SSSR count). The molecule has 1 aromatic heterocycles. The molecule has 93 valence electrons. The summed E-state index contributed by atoms with van der Waals surface area (Å²) in [7, 11) is 0. The van der Waals surface area contributed by atoms with Gasteiger partial charge in [0.15, 0.2) is 0 Å². The fourth-order valence-corrected chi connectivity index (χ4v) is 1.53. The molecule has 1 heterocycles. The van der Waals surface area contributed by atoms with Crippen molar-refractivity contribution in [3.8, 4) is 0 Å². The average molecular weight is 272 g/mol. The van der Waals surface area contributed by atoms with Crippen LogP contribution in [0, 0.1) is 0 Å². The van der Waals surface area contributed by atoms with Gasteiger partial charge >= 0.3 is 6.18 Å². The minimum absolute atomic E-state index is 0.203. The van der Waals surface area contributed by atoms with E-state index in [0.29, 0.717) is 10.7 Å². The van der Waals surface area contributed by atoms with Crippen LogP contribution in [0.25, 0.3) is 0 Å². The summed E-state index contributed by atoms with van der Waals surface area (Å²) in [6.45, 7) is 0. The highest BCUT2D eigenvalue weighted by Crippen LogP contribution is 2.31. The Balaban J connectivity index is 2.25. The monoisotopic (exact) mass is 271 g/mol. The molecule has 0 aliphatic rings. The summed E-state index contributed by atoms with van der Waals surface area (Å²) in [5, 5.41) is 4.41. The predicted molar refractivity (Wildman–Crippen MR) is 62.1 cm³/mol. The second-order valence-corrected chi connectivity index (χ2v) is 3.96. The van der Waals surface area contributed by atoms with Gasteiger partial charge in [0.2, 0.25) is 0 Å². The first-order chi connectivity index (χ1) is 8.45. The van der Waals surface area contributed by atoms with E-state index in [0.717, 1.165) is 12.1 Å². The largest absolute Gasteiger partial charge is 0.416 e. The van der Waals surface area contributed by atoms with Gasteiger partial charge in [0.05, 0.1) is 28.2 Å². The zero-order valence-electron chi connectivity index (χ0n) is 8.95. The Hall–Kier alpha value is -1.75. The zero-order chi connectivity index (χ0) is 13.2. The van der Waals surface area contributed by atoms with E-state index in [9.17, 15) is 13.2 Å². The molecular formula is C12H7ClF3N2. The maximum Gasteiger partial charge on any atom is 0.416 e. The van der Waals surface area contributed by atoms with E-state index in [1.807, 2.05) is 0 Å². The molecule has 0 unspecified atom stereocenters. The van der Waals surface area contributed by atoms with Crippen LogP contribution < -0.4 is 5.32 Å². The van der Waals surface area contributed by atoms with Crippen molar-refractivity contribution in [1.82, 2.24) is 10.3 Å². The van der Waals surface area contributed by atoms with Gasteiger partial charge in [0.1, 0.15) is 0 Å². The first-order valence-electron chi connectivity index (χ1n) is 4.95. The highest BCUT2D eigenvalue weighted by atomic mass is 35.5. The van der Waals surface area contributed by atoms with Crippen molar-refractivity contribution >= 4 is 23.0 Å². The molecule has 2 nitrogen and oxygen atoms in total. The second kappa shape index (κ2) is 4.86. The Labute approximate surface area is 106 Å². The van der Waals surface area contributed by atoms with Crippen molar-refractivity contribution in [2.24, 2.45) is 0 Å². The van der Waals surface area contributed by atoms with Gasteiger partial charge in [-0.05, 0) is 24.3 Å². The molecular weight excluding hydrogens is 265 g/mol. The van der Waals surface area contributed by atoms with E-state index in [1.54, 1.807) is 0 Å². The molecule has 18 heavy (non-hydrogen) atoms. The van der Waals surface area contributed by atoms with Gasteiger partial charge in [0.25, 0.3) is 0 Å². The molecule has 0 amide bonds. The van der Waals surface area contributed by atoms with Crippen LogP contribution >= 0.6 is 11.6 Å². The van der Waals surface area contributed by atoms with Gasteiger partial charge in [-0.25, -0.2) is 5.32 Å². The van der Waals surface area contributed by atoms with Crippen LogP contribution in [0.1, 0.15) is 5.56 Å². The highest BCUT2D eigenvalue weighted by Gasteiger charge is 2.30. The summed E-state index contributed by atoms with van der Waals surface area (Å²) in [4.78, 5) is 3.80. The maximum atomic E-state index is 12.5. The Morgan fingerprint density at radius 1 is 1.06 bits per heavy atom. The SMILES string of the molecule is FC(F)(F)c1cccc([N]c2cncc(Cl)c2)c1. The summed E-state index contributed by atoms with van der Waals surface area (Å²) in [5.41, 5.74) is -0.130. The van der Waals surface area contributed by atoms with Crippen LogP contribution in [-0.4, -0.2) is 4.98 Å². The summed E-state index contributed by atoms with van der Waals surface area (Å²) in [5.74, 6) is 0. The molecule has 6 heteroatoms. The van der Waals surface area contributed by atoms with E-state index < -0.39 is 11.7 Å². The normalized spacial score (nSPS) is 11.3. The van der Waals surface area contributed by atoms with Gasteiger partial charge in [-0.15, -0.1) is 0 Å². The lowest BCUT2D eigenvalue weighted by Crippen LogP contribution is -2.05. The maximum absolute atomic E-state index is 12.5. The molecule has 1 radical (unpaired) electrons. The highest BCUT2D eigenvalue weighted by molar-refractivity contribution is 6.30. The average Bonchev–Trinajstić information content (AvgIpc) is 2.28. The number of hydrogen-bond donors (Lipinski definition) is 0. The van der Waals surface area contributed by atoms with Gasteiger partial charge in [0, 0.05) is 6.20 Å². The summed E-state index contributed by atoms with van der Waals surface area (Å²) in [6, 6.07) is 6.28. The summed E-state index contributed by atoms with van der Waals surface area (Å²) >= 11 is 5.71. The number of rotatable bonds is 2. The smallest absolute Gasteiger partial charge is 0.261 e. The molecule has 0 saturated carbocycles. The Morgan fingerprint density at radius 2 is 1.83 bits per heavy atom. The lowest BCUT2D eigenvalue weighted by molar-refractivity contribution is -0.137. The van der Waals surface area contributed by atoms with Gasteiger partial charge < -0.3 is 0 Å². The van der Waals surface area contributed by atoms with Crippen LogP contribution in [0.5, 0.6) is 0 Å². The van der Waals surface area contributed by atoms with Crippen molar-refractivity contribution in [3.05, 3.63) is 53.3 Å². The van der Waals surface area contributed by atoms with Crippen molar-refractivity contribution < 1.29 is 13.2 Å². The van der Waals surface area contributed by atoms with E-state index in [-0.39, 0.29) is 5.69 Å². The Morgan fingerprint density at radius 3 is 2.50 bits per heavy atom. The Bertz CT molecular complexity index is 555. The van der Waals surface area contributed by atoms with Gasteiger partial charge in [-0.3, -0.25) is 4.98 Å². The zero-order valence-corrected chi connectivity index (χ0v) is 9.70. The van der Waals surface area contributed by atoms with Gasteiger partial charge in [-0.1, -0.05) is 17.7 Å². The standard InChI is InChI=1S/C12H7ClF3N2/c13-9-5-11(7-17-6-9)18-10-3-1-2-8(4-10)12(14,15)16/h1-7H. The summed E-state index contributed by atoms with van der Waals surface area (Å²) < 4.78 is 37.5. The Kier molecular flexibility index (Phi) is 3.43. The third kappa shape index (κ3) is 3.13. The first kappa shape index (κ1) is 12.7. The first-order valence-corrected chi connectivity index (χ1v) is 5.32. The molecule has 1 aromatic carbocycles. The van der Waals surface area contributed by atoms with Crippen LogP contribution in [0.4, 0.5) is 24.5 Å². The number of nitrogens with zero attached hydrogens (tertiary/aromatic N) is 2. The molecule has 2 aromatic rings. The van der Waals surface area contributed by atoms with Crippen molar-refractivity contribution in [1.29, 1.82) is 0 Å². The molecule has 0 atom stereocenters. The number of pyridine rings is 1. The quantitative estimate of drug-likeness (QED) is 0.799. The van der Waals surface area contributed by atoms with Crippen LogP contribution in [0.15, 0.2) is 42.7 Å². The lowest BCUT2D eigenvalue weighted by Gasteiger charge is -2.08. The van der Waals surface area contributed by atoms with Crippen molar-refractivity contribution in [2.45, 2.75) is 6.18 Å². The lowest BCUT2D eigenvalue weighted by atomic mass is 10.2. The number of alkyl halides is 3. The predicted octanol–water partition coefficient (Wildman–Crippen LogP) is 4.32. The van der Waals surface area contributed by atoms with Crippen LogP contribution in [-0.2, 0) is 6.18 Å². The molecule has 0 aliphatic carbocycles. The fraction of sp³-hybridized carbons (Fsp3) is 0.0833. The minimum atomic E-state index is -4.38. The molecule has 0 fully saturated rings.